The highest BCUT2D eigenvalue weighted by molar-refractivity contribution is 7.13. The first-order valence-electron chi connectivity index (χ1n) is 11.9. The van der Waals surface area contributed by atoms with E-state index in [4.69, 9.17) is 9.57 Å². The van der Waals surface area contributed by atoms with Gasteiger partial charge in [0.05, 0.1) is 12.2 Å². The number of Topliss-reactive ketones (excluding diaryl/α,β-unsaturated/α-hetero) is 1. The fourth-order valence-corrected chi connectivity index (χ4v) is 4.72. The zero-order valence-corrected chi connectivity index (χ0v) is 21.3. The Balaban J connectivity index is 1.47. The summed E-state index contributed by atoms with van der Waals surface area (Å²) in [6.45, 7) is 8.13. The van der Waals surface area contributed by atoms with Crippen LogP contribution in [0.3, 0.4) is 0 Å². The molecule has 9 heteroatoms. The molecule has 0 aliphatic carbocycles. The van der Waals surface area contributed by atoms with Gasteiger partial charge in [0.1, 0.15) is 6.10 Å². The number of hydrogen-bond acceptors (Lipinski definition) is 7. The van der Waals surface area contributed by atoms with Crippen LogP contribution in [0.2, 0.25) is 0 Å². The lowest BCUT2D eigenvalue weighted by Crippen LogP contribution is -2.44. The highest BCUT2D eigenvalue weighted by Crippen LogP contribution is 2.38. The van der Waals surface area contributed by atoms with Gasteiger partial charge in [-0.15, -0.1) is 11.3 Å². The number of nitrogens with one attached hydrogen (secondary N) is 2. The van der Waals surface area contributed by atoms with Crippen LogP contribution in [-0.4, -0.2) is 34.3 Å². The van der Waals surface area contributed by atoms with Crippen LogP contribution >= 0.6 is 11.3 Å². The van der Waals surface area contributed by atoms with Crippen LogP contribution < -0.4 is 10.4 Å². The van der Waals surface area contributed by atoms with Gasteiger partial charge in [-0.05, 0) is 35.1 Å². The second kappa shape index (κ2) is 10.6. The maximum atomic E-state index is 13.1. The number of unbranched alkanes of at least 4 members (excludes halogenated alkanes) is 1. The molecule has 0 spiro atoms. The van der Waals surface area contributed by atoms with Crippen molar-refractivity contribution < 1.29 is 19.2 Å². The molecule has 3 heterocycles. The van der Waals surface area contributed by atoms with Crippen molar-refractivity contribution in [2.24, 2.45) is 5.41 Å². The minimum Gasteiger partial charge on any atom is -0.441 e. The number of anilines is 1. The number of nitrogens with zero attached hydrogens (tertiary/aromatic N) is 2. The van der Waals surface area contributed by atoms with E-state index in [-0.39, 0.29) is 11.2 Å². The first-order valence-corrected chi connectivity index (χ1v) is 12.8. The van der Waals surface area contributed by atoms with Gasteiger partial charge in [-0.1, -0.05) is 64.8 Å². The third kappa shape index (κ3) is 6.10. The van der Waals surface area contributed by atoms with Crippen LogP contribution in [0.15, 0.2) is 54.0 Å². The molecule has 3 aromatic rings. The van der Waals surface area contributed by atoms with Gasteiger partial charge >= 0.3 is 6.09 Å². The van der Waals surface area contributed by atoms with Gasteiger partial charge in [0.15, 0.2) is 5.82 Å². The lowest BCUT2D eigenvalue weighted by atomic mass is 9.84. The molecular formula is C26H32N4O4S. The van der Waals surface area contributed by atoms with Crippen molar-refractivity contribution in [1.29, 1.82) is 0 Å². The van der Waals surface area contributed by atoms with Gasteiger partial charge in [0, 0.05) is 16.4 Å². The monoisotopic (exact) mass is 496 g/mol. The van der Waals surface area contributed by atoms with E-state index in [1.165, 1.54) is 5.06 Å². The van der Waals surface area contributed by atoms with E-state index in [1.54, 1.807) is 23.6 Å². The Labute approximate surface area is 209 Å². The maximum Gasteiger partial charge on any atom is 0.408 e. The van der Waals surface area contributed by atoms with Gasteiger partial charge < -0.3 is 10.1 Å². The molecule has 4 rings (SSSR count). The van der Waals surface area contributed by atoms with E-state index >= 15 is 0 Å². The zero-order valence-electron chi connectivity index (χ0n) is 20.5. The predicted molar refractivity (Wildman–Crippen MR) is 136 cm³/mol. The summed E-state index contributed by atoms with van der Waals surface area (Å²) in [6.07, 6.45) is 1.92. The van der Waals surface area contributed by atoms with Crippen molar-refractivity contribution in [2.75, 3.05) is 5.06 Å². The molecule has 1 unspecified atom stereocenters. The topological polar surface area (TPSA) is 99.6 Å². The number of amides is 1. The lowest BCUT2D eigenvalue weighted by molar-refractivity contribution is -0.122. The number of rotatable bonds is 10. The molecule has 1 saturated heterocycles. The first-order chi connectivity index (χ1) is 16.8. The molecule has 3 atom stereocenters. The number of ether oxygens (including phenoxy) is 1. The van der Waals surface area contributed by atoms with Gasteiger partial charge in [-0.3, -0.25) is 9.89 Å². The quantitative estimate of drug-likeness (QED) is 0.341. The summed E-state index contributed by atoms with van der Waals surface area (Å²) in [5.41, 5.74) is 1.63. The summed E-state index contributed by atoms with van der Waals surface area (Å²) in [6, 6.07) is 13.2. The summed E-state index contributed by atoms with van der Waals surface area (Å²) >= 11 is 1.67. The minimum absolute atomic E-state index is 0.211. The number of hydroxylamine groups is 1. The fourth-order valence-electron chi connectivity index (χ4n) is 3.99. The second-order valence-electron chi connectivity index (χ2n) is 9.72. The summed E-state index contributed by atoms with van der Waals surface area (Å²) in [5, 5.41) is 13.0. The Kier molecular flexibility index (Phi) is 7.57. The van der Waals surface area contributed by atoms with E-state index in [9.17, 15) is 9.59 Å². The van der Waals surface area contributed by atoms with Crippen molar-refractivity contribution in [3.63, 3.8) is 0 Å². The number of carbonyl (C=O) groups excluding carboxylic acids is 2. The number of hydrogen-bond donors (Lipinski definition) is 2. The van der Waals surface area contributed by atoms with Crippen molar-refractivity contribution in [3.8, 4) is 10.4 Å². The minimum atomic E-state index is -0.751. The van der Waals surface area contributed by atoms with E-state index in [1.807, 2.05) is 51.3 Å². The molecule has 2 aromatic heterocycles. The number of thiophene rings is 1. The van der Waals surface area contributed by atoms with E-state index in [0.717, 1.165) is 28.8 Å². The molecule has 8 nitrogen and oxygen atoms in total. The van der Waals surface area contributed by atoms with Gasteiger partial charge in [-0.25, -0.2) is 9.63 Å². The van der Waals surface area contributed by atoms with Crippen LogP contribution in [0, 0.1) is 5.41 Å². The Morgan fingerprint density at radius 3 is 2.74 bits per heavy atom. The van der Waals surface area contributed by atoms with Crippen molar-refractivity contribution in [3.05, 3.63) is 59.6 Å². The van der Waals surface area contributed by atoms with Gasteiger partial charge in [0.2, 0.25) is 12.0 Å². The molecular weight excluding hydrogens is 464 g/mol. The highest BCUT2D eigenvalue weighted by atomic mass is 32.1. The molecule has 1 aliphatic rings. The Morgan fingerprint density at radius 1 is 1.26 bits per heavy atom. The molecule has 1 aromatic carbocycles. The smallest absolute Gasteiger partial charge is 0.408 e. The maximum absolute atomic E-state index is 13.1. The summed E-state index contributed by atoms with van der Waals surface area (Å²) in [5.74, 6) is 0.385. The van der Waals surface area contributed by atoms with E-state index in [0.29, 0.717) is 12.2 Å². The second-order valence-corrected chi connectivity index (χ2v) is 10.7. The first kappa shape index (κ1) is 24.9. The normalized spacial score (nSPS) is 17.0. The van der Waals surface area contributed by atoms with Crippen LogP contribution in [0.5, 0.6) is 0 Å². The van der Waals surface area contributed by atoms with Crippen LogP contribution in [-0.2, 0) is 14.4 Å². The number of alkyl carbamates (subject to hydrolysis) is 1. The molecule has 0 radical (unpaired) electrons. The number of aromatic nitrogens is 2. The summed E-state index contributed by atoms with van der Waals surface area (Å²) < 4.78 is 5.96. The number of aromatic amines is 1. The summed E-state index contributed by atoms with van der Waals surface area (Å²) in [7, 11) is 0. The Morgan fingerprint density at radius 2 is 2.09 bits per heavy atom. The largest absolute Gasteiger partial charge is 0.441 e. The van der Waals surface area contributed by atoms with Crippen molar-refractivity contribution >= 4 is 29.0 Å². The lowest BCUT2D eigenvalue weighted by Gasteiger charge is -2.31. The number of ketones is 1. The van der Waals surface area contributed by atoms with Gasteiger partial charge in [-0.2, -0.15) is 10.2 Å². The van der Waals surface area contributed by atoms with Gasteiger partial charge in [0.25, 0.3) is 0 Å². The highest BCUT2D eigenvalue weighted by Gasteiger charge is 2.47. The SMILES string of the molecule is CCCC[C@H](NC(=O)O[C@@H](c1cccc(-c2cccs2)c1)C(C)(C)C)C(=O)C1ON1c1ccn[nH]1. The Bertz CT molecular complexity index is 1120. The van der Waals surface area contributed by atoms with Crippen LogP contribution in [0.1, 0.15) is 58.6 Å². The van der Waals surface area contributed by atoms with E-state index < -0.39 is 24.5 Å². The predicted octanol–water partition coefficient (Wildman–Crippen LogP) is 5.86. The molecule has 186 valence electrons. The number of benzene rings is 1. The third-order valence-corrected chi connectivity index (χ3v) is 6.75. The van der Waals surface area contributed by atoms with Crippen molar-refractivity contribution in [2.45, 2.75) is 65.3 Å². The average molecular weight is 497 g/mol. The van der Waals surface area contributed by atoms with Crippen molar-refractivity contribution in [1.82, 2.24) is 15.5 Å². The molecule has 2 N–H and O–H groups in total. The zero-order chi connectivity index (χ0) is 25.0. The molecule has 1 aliphatic heterocycles. The third-order valence-electron chi connectivity index (χ3n) is 5.84. The Hall–Kier alpha value is -3.17. The van der Waals surface area contributed by atoms with Crippen LogP contribution in [0.25, 0.3) is 10.4 Å². The molecule has 1 fully saturated rings. The number of carbonyl (C=O) groups is 2. The molecule has 1 amide bonds. The average Bonchev–Trinajstić information content (AvgIpc) is 3.20. The molecule has 0 saturated carbocycles. The number of H-pyrrole nitrogens is 1. The molecule has 0 bridgehead atoms. The standard InChI is InChI=1S/C26H32N4O4S/c1-5-6-11-19(22(31)24-30(34-24)21-13-14-27-29-21)28-25(32)33-23(26(2,3)4)18-10-7-9-17(16-18)20-12-8-15-35-20/h7-10,12-16,19,23-24H,5-6,11H2,1-4H3,(H,27,29)(H,28,32)/t19-,23-,24?,30?/m0/s1. The fraction of sp³-hybridized carbons (Fsp3) is 0.423. The van der Waals surface area contributed by atoms with E-state index in [2.05, 4.69) is 33.7 Å². The van der Waals surface area contributed by atoms with Crippen LogP contribution in [0.4, 0.5) is 10.6 Å². The molecule has 35 heavy (non-hydrogen) atoms. The summed E-state index contributed by atoms with van der Waals surface area (Å²) in [4.78, 5) is 32.8.